The molecule has 2 atom stereocenters. The van der Waals surface area contributed by atoms with E-state index in [4.69, 9.17) is 15.5 Å². The van der Waals surface area contributed by atoms with Crippen LogP contribution in [0.1, 0.15) is 60.3 Å². The molecule has 0 amide bonds. The van der Waals surface area contributed by atoms with E-state index in [9.17, 15) is 13.2 Å². The first kappa shape index (κ1) is 30.8. The Balaban J connectivity index is 3.85. The van der Waals surface area contributed by atoms with Gasteiger partial charge in [0, 0.05) is 25.5 Å². The van der Waals surface area contributed by atoms with Crippen LogP contribution in [0.3, 0.4) is 0 Å². The SMILES string of the molecule is C\C=C(P)/C(=C\C(=C\CC)C(F)(F)F)C(/C=C1/C(N=C(C)/C(=C\N)OC)CCCN1C)=C(C)CC. The highest BCUT2D eigenvalue weighted by atomic mass is 31.0. The van der Waals surface area contributed by atoms with Crippen molar-refractivity contribution < 1.29 is 17.9 Å². The van der Waals surface area contributed by atoms with Crippen LogP contribution in [0.25, 0.3) is 0 Å². The Morgan fingerprint density at radius 1 is 1.29 bits per heavy atom. The smallest absolute Gasteiger partial charge is 0.416 e. The van der Waals surface area contributed by atoms with Gasteiger partial charge in [-0.25, -0.2) is 0 Å². The van der Waals surface area contributed by atoms with E-state index in [0.29, 0.717) is 35.2 Å². The Morgan fingerprint density at radius 3 is 2.43 bits per heavy atom. The maximum atomic E-state index is 13.8. The van der Waals surface area contributed by atoms with Crippen molar-refractivity contribution in [1.29, 1.82) is 0 Å². The van der Waals surface area contributed by atoms with Gasteiger partial charge in [0.05, 0.1) is 24.4 Å². The topological polar surface area (TPSA) is 50.9 Å². The fourth-order valence-electron chi connectivity index (χ4n) is 3.90. The molecule has 1 aliphatic heterocycles. The van der Waals surface area contributed by atoms with Crippen molar-refractivity contribution in [1.82, 2.24) is 4.90 Å². The van der Waals surface area contributed by atoms with Crippen molar-refractivity contribution in [2.75, 3.05) is 20.7 Å². The first-order valence-corrected chi connectivity index (χ1v) is 12.6. The molecule has 0 aromatic heterocycles. The molecule has 2 N–H and O–H groups in total. The van der Waals surface area contributed by atoms with E-state index >= 15 is 0 Å². The zero-order valence-electron chi connectivity index (χ0n) is 22.1. The molecular weight excluding hydrogens is 470 g/mol. The van der Waals surface area contributed by atoms with Crippen molar-refractivity contribution >= 4 is 15.0 Å². The number of nitrogens with zero attached hydrogens (tertiary/aromatic N) is 2. The molecule has 0 radical (unpaired) electrons. The second-order valence-corrected chi connectivity index (χ2v) is 9.14. The van der Waals surface area contributed by atoms with Crippen LogP contribution in [0.4, 0.5) is 13.2 Å². The summed E-state index contributed by atoms with van der Waals surface area (Å²) in [4.78, 5) is 7.02. The summed E-state index contributed by atoms with van der Waals surface area (Å²) in [5.41, 5.74) is 8.99. The lowest BCUT2D eigenvalue weighted by Crippen LogP contribution is -2.33. The van der Waals surface area contributed by atoms with Crippen LogP contribution in [-0.4, -0.2) is 43.5 Å². The van der Waals surface area contributed by atoms with E-state index in [1.54, 1.807) is 14.0 Å². The third kappa shape index (κ3) is 8.71. The Bertz CT molecular complexity index is 953. The van der Waals surface area contributed by atoms with Gasteiger partial charge in [0.1, 0.15) is 0 Å². The summed E-state index contributed by atoms with van der Waals surface area (Å²) in [5, 5.41) is 0.707. The van der Waals surface area contributed by atoms with Gasteiger partial charge in [-0.05, 0) is 75.1 Å². The Labute approximate surface area is 211 Å². The Kier molecular flexibility index (Phi) is 12.6. The molecule has 1 aliphatic rings. The lowest BCUT2D eigenvalue weighted by atomic mass is 9.92. The summed E-state index contributed by atoms with van der Waals surface area (Å²) in [7, 11) is 6.14. The highest BCUT2D eigenvalue weighted by Gasteiger charge is 2.32. The van der Waals surface area contributed by atoms with Gasteiger partial charge in [-0.3, -0.25) is 4.99 Å². The van der Waals surface area contributed by atoms with Crippen LogP contribution in [0.15, 0.2) is 74.6 Å². The predicted molar refractivity (Wildman–Crippen MR) is 145 cm³/mol. The monoisotopic (exact) mass is 511 g/mol. The highest BCUT2D eigenvalue weighted by molar-refractivity contribution is 7.23. The quantitative estimate of drug-likeness (QED) is 0.154. The largest absolute Gasteiger partial charge is 0.493 e. The molecule has 4 nitrogen and oxygen atoms in total. The van der Waals surface area contributed by atoms with Gasteiger partial charge >= 0.3 is 6.18 Å². The van der Waals surface area contributed by atoms with Crippen LogP contribution in [0, 0.1) is 0 Å². The van der Waals surface area contributed by atoms with E-state index in [1.165, 1.54) is 18.4 Å². The molecule has 1 saturated heterocycles. The third-order valence-electron chi connectivity index (χ3n) is 6.08. The molecule has 35 heavy (non-hydrogen) atoms. The van der Waals surface area contributed by atoms with E-state index < -0.39 is 11.7 Å². The lowest BCUT2D eigenvalue weighted by molar-refractivity contribution is -0.0884. The number of likely N-dealkylation sites (tertiary alicyclic amines) is 1. The number of aliphatic imine (C=N–C) groups is 1. The maximum absolute atomic E-state index is 13.8. The predicted octanol–water partition coefficient (Wildman–Crippen LogP) is 7.20. The fourth-order valence-corrected chi connectivity index (χ4v) is 4.14. The molecule has 1 heterocycles. The van der Waals surface area contributed by atoms with E-state index in [-0.39, 0.29) is 6.04 Å². The van der Waals surface area contributed by atoms with Crippen molar-refractivity contribution in [3.8, 4) is 0 Å². The fraction of sp³-hybridized carbons (Fsp3) is 0.519. The number of nitrogens with two attached hydrogens (primary N) is 1. The summed E-state index contributed by atoms with van der Waals surface area (Å²) in [6, 6.07) is -0.161. The molecule has 196 valence electrons. The van der Waals surface area contributed by atoms with Gasteiger partial charge in [-0.2, -0.15) is 13.2 Å². The maximum Gasteiger partial charge on any atom is 0.416 e. The Morgan fingerprint density at radius 2 is 1.94 bits per heavy atom. The summed E-state index contributed by atoms with van der Waals surface area (Å²) in [5.74, 6) is 0.499. The minimum absolute atomic E-state index is 0.161. The van der Waals surface area contributed by atoms with Gasteiger partial charge < -0.3 is 15.4 Å². The summed E-state index contributed by atoms with van der Waals surface area (Å²) >= 11 is 0. The zero-order valence-corrected chi connectivity index (χ0v) is 23.2. The average Bonchev–Trinajstić information content (AvgIpc) is 2.81. The van der Waals surface area contributed by atoms with Crippen molar-refractivity contribution in [2.45, 2.75) is 72.5 Å². The van der Waals surface area contributed by atoms with Gasteiger partial charge in [0.2, 0.25) is 0 Å². The molecule has 0 aromatic rings. The van der Waals surface area contributed by atoms with Gasteiger partial charge in [-0.15, -0.1) is 9.24 Å². The van der Waals surface area contributed by atoms with Crippen LogP contribution >= 0.6 is 9.24 Å². The van der Waals surface area contributed by atoms with Crippen LogP contribution in [-0.2, 0) is 4.74 Å². The summed E-state index contributed by atoms with van der Waals surface area (Å²) < 4.78 is 46.8. The second kappa shape index (κ2) is 14.3. The molecule has 1 fully saturated rings. The van der Waals surface area contributed by atoms with Gasteiger partial charge in [0.25, 0.3) is 0 Å². The van der Waals surface area contributed by atoms with Gasteiger partial charge in [-0.1, -0.05) is 31.6 Å². The zero-order chi connectivity index (χ0) is 26.8. The number of likely N-dealkylation sites (N-methyl/N-ethyl adjacent to an activating group) is 1. The van der Waals surface area contributed by atoms with Crippen molar-refractivity contribution in [3.63, 3.8) is 0 Å². The normalized spacial score (nSPS) is 21.5. The summed E-state index contributed by atoms with van der Waals surface area (Å²) in [6.07, 6.45) is 6.06. The average molecular weight is 512 g/mol. The van der Waals surface area contributed by atoms with Crippen LogP contribution < -0.4 is 5.73 Å². The van der Waals surface area contributed by atoms with Crippen LogP contribution in [0.5, 0.6) is 0 Å². The Hall–Kier alpha value is -2.27. The molecule has 2 unspecified atom stereocenters. The van der Waals surface area contributed by atoms with Crippen LogP contribution in [0.2, 0.25) is 0 Å². The summed E-state index contributed by atoms with van der Waals surface area (Å²) in [6.45, 7) is 10.2. The number of hydrogen-bond acceptors (Lipinski definition) is 4. The number of hydrogen-bond donors (Lipinski definition) is 1. The van der Waals surface area contributed by atoms with E-state index in [0.717, 1.165) is 36.2 Å². The minimum atomic E-state index is -4.44. The first-order valence-electron chi connectivity index (χ1n) is 12.0. The van der Waals surface area contributed by atoms with E-state index in [1.807, 2.05) is 46.9 Å². The number of allylic oxidation sites excluding steroid dienone is 10. The minimum Gasteiger partial charge on any atom is -0.493 e. The molecule has 0 spiro atoms. The lowest BCUT2D eigenvalue weighted by Gasteiger charge is -2.33. The standard InChI is InChI=1S/C27H41F3N3OP/c1-8-12-20(27(28,29)30)15-22(26(35)10-3)21(18(4)9-2)16-24-23(13-11-14-33(24)6)32-19(5)25(17-31)34-7/h10,12,15-17,23H,8-9,11,13-14,31,35H2,1-7H3/b20-12-,21-18?,22-15-,24-16-,25-17+,26-10+,32-19?. The number of ether oxygens (including phenoxy) is 1. The van der Waals surface area contributed by atoms with Crippen molar-refractivity contribution in [3.05, 3.63) is 69.6 Å². The number of piperidine rings is 1. The molecule has 0 aliphatic carbocycles. The first-order chi connectivity index (χ1) is 16.4. The van der Waals surface area contributed by atoms with E-state index in [2.05, 4.69) is 14.1 Å². The third-order valence-corrected chi connectivity index (χ3v) is 6.72. The number of rotatable bonds is 9. The van der Waals surface area contributed by atoms with Crippen molar-refractivity contribution in [2.24, 2.45) is 10.7 Å². The highest BCUT2D eigenvalue weighted by Crippen LogP contribution is 2.36. The molecule has 1 rings (SSSR count). The molecular formula is C27H41F3N3OP. The van der Waals surface area contributed by atoms with Gasteiger partial charge in [0.15, 0.2) is 5.76 Å². The molecule has 0 aromatic carbocycles. The molecule has 0 saturated carbocycles. The number of halogens is 3. The molecule has 8 heteroatoms. The second-order valence-electron chi connectivity index (χ2n) is 8.51. The number of methoxy groups -OCH3 is 1. The molecule has 0 bridgehead atoms. The number of alkyl halides is 3.